The molecule has 0 bridgehead atoms. The van der Waals surface area contributed by atoms with Crippen molar-refractivity contribution < 1.29 is 14.7 Å². The Kier molecular flexibility index (Phi) is 5.79. The van der Waals surface area contributed by atoms with Crippen LogP contribution in [0, 0.1) is 5.82 Å². The number of nitrogens with zero attached hydrogens (tertiary/aromatic N) is 1. The molecule has 17 heavy (non-hydrogen) atoms. The lowest BCUT2D eigenvalue weighted by atomic mass is 10.1. The molecule has 0 fully saturated rings. The summed E-state index contributed by atoms with van der Waals surface area (Å²) in [5, 5.41) is 20.1. The van der Waals surface area contributed by atoms with Crippen LogP contribution in [0.15, 0.2) is 23.4 Å². The number of nitrogens with two attached hydrogens (primary N) is 1. The molecule has 0 aromatic heterocycles. The number of aliphatic hydroxyl groups is 1. The molecule has 1 rings (SSSR count). The van der Waals surface area contributed by atoms with Gasteiger partial charge < -0.3 is 16.0 Å². The minimum Gasteiger partial charge on any atom is -0.409 e. The normalized spacial score (nSPS) is 11.8. The smallest absolute Gasteiger partial charge is 0.170 e. The Balaban J connectivity index is 2.76. The van der Waals surface area contributed by atoms with E-state index >= 15 is 0 Å². The monoisotopic (exact) mass is 258 g/mol. The van der Waals surface area contributed by atoms with Crippen molar-refractivity contribution in [2.45, 2.75) is 12.2 Å². The summed E-state index contributed by atoms with van der Waals surface area (Å²) in [4.78, 5) is 0. The molecule has 0 atom stereocenters. The van der Waals surface area contributed by atoms with Gasteiger partial charge in [-0.05, 0) is 29.9 Å². The highest BCUT2D eigenvalue weighted by Crippen LogP contribution is 2.18. The number of rotatable bonds is 6. The highest BCUT2D eigenvalue weighted by molar-refractivity contribution is 7.98. The number of hydrogen-bond donors (Lipinski definition) is 3. The summed E-state index contributed by atoms with van der Waals surface area (Å²) >= 11 is 1.60. The van der Waals surface area contributed by atoms with Gasteiger partial charge in [-0.15, -0.1) is 0 Å². The van der Waals surface area contributed by atoms with Crippen molar-refractivity contribution in [1.82, 2.24) is 0 Å². The largest absolute Gasteiger partial charge is 0.409 e. The van der Waals surface area contributed by atoms with E-state index in [1.165, 1.54) is 12.1 Å². The van der Waals surface area contributed by atoms with Gasteiger partial charge in [0.2, 0.25) is 0 Å². The van der Waals surface area contributed by atoms with Crippen LogP contribution >= 0.6 is 11.8 Å². The van der Waals surface area contributed by atoms with Crippen molar-refractivity contribution in [3.8, 4) is 0 Å². The van der Waals surface area contributed by atoms with Crippen molar-refractivity contribution in [2.24, 2.45) is 10.9 Å². The molecule has 0 spiro atoms. The Morgan fingerprint density at radius 3 is 2.88 bits per heavy atom. The number of aliphatic hydroxyl groups excluding tert-OH is 1. The lowest BCUT2D eigenvalue weighted by Gasteiger charge is -2.08. The quantitative estimate of drug-likeness (QED) is 0.238. The van der Waals surface area contributed by atoms with Gasteiger partial charge in [-0.3, -0.25) is 0 Å². The fourth-order valence-electron chi connectivity index (χ4n) is 1.32. The second-order valence-corrected chi connectivity index (χ2v) is 4.52. The molecule has 6 heteroatoms. The number of oxime groups is 1. The molecule has 1 aromatic rings. The van der Waals surface area contributed by atoms with E-state index in [4.69, 9.17) is 16.0 Å². The number of halogens is 1. The molecule has 0 heterocycles. The van der Waals surface area contributed by atoms with E-state index in [2.05, 4.69) is 5.16 Å². The van der Waals surface area contributed by atoms with Crippen LogP contribution in [-0.4, -0.2) is 28.5 Å². The molecule has 0 radical (unpaired) electrons. The minimum atomic E-state index is -0.421. The van der Waals surface area contributed by atoms with Gasteiger partial charge in [-0.2, -0.15) is 11.8 Å². The average molecular weight is 258 g/mol. The van der Waals surface area contributed by atoms with Gasteiger partial charge in [-0.1, -0.05) is 11.2 Å². The molecule has 0 aliphatic carbocycles. The summed E-state index contributed by atoms with van der Waals surface area (Å²) in [7, 11) is 0. The molecule has 0 amide bonds. The van der Waals surface area contributed by atoms with E-state index in [0.29, 0.717) is 17.7 Å². The summed E-state index contributed by atoms with van der Waals surface area (Å²) in [5.74, 6) is 0.924. The van der Waals surface area contributed by atoms with Crippen LogP contribution in [0.2, 0.25) is 0 Å². The fraction of sp³-hybridized carbons (Fsp3) is 0.364. The number of hydrogen-bond acceptors (Lipinski definition) is 4. The summed E-state index contributed by atoms with van der Waals surface area (Å²) in [6.45, 7) is 0.156. The standard InChI is InChI=1S/C11H15FN2O2S/c12-9-3-2-8(7-17-5-1-4-15)10(6-9)11(13)14-16/h2-3,6,15-16H,1,4-5,7H2,(H2,13,14). The maximum Gasteiger partial charge on any atom is 0.170 e. The maximum atomic E-state index is 13.1. The second-order valence-electron chi connectivity index (χ2n) is 3.42. The molecule has 0 aliphatic heterocycles. The summed E-state index contributed by atoms with van der Waals surface area (Å²) in [6.07, 6.45) is 0.713. The summed E-state index contributed by atoms with van der Waals surface area (Å²) in [6, 6.07) is 4.21. The predicted molar refractivity (Wildman–Crippen MR) is 66.8 cm³/mol. The predicted octanol–water partition coefficient (Wildman–Crippen LogP) is 1.54. The third kappa shape index (κ3) is 4.24. The Bertz CT molecular complexity index is 399. The summed E-state index contributed by atoms with van der Waals surface area (Å²) in [5.41, 5.74) is 6.69. The first-order valence-corrected chi connectivity index (χ1v) is 6.29. The van der Waals surface area contributed by atoms with Crippen molar-refractivity contribution in [3.05, 3.63) is 35.1 Å². The molecule has 0 saturated carbocycles. The highest BCUT2D eigenvalue weighted by Gasteiger charge is 2.08. The van der Waals surface area contributed by atoms with Crippen LogP contribution < -0.4 is 5.73 Å². The number of benzene rings is 1. The Morgan fingerprint density at radius 2 is 2.24 bits per heavy atom. The number of amidine groups is 1. The first kappa shape index (κ1) is 13.8. The zero-order valence-electron chi connectivity index (χ0n) is 9.27. The van der Waals surface area contributed by atoms with Crippen LogP contribution in [0.25, 0.3) is 0 Å². The highest BCUT2D eigenvalue weighted by atomic mass is 32.2. The molecule has 0 unspecified atom stereocenters. The molecular weight excluding hydrogens is 243 g/mol. The lowest BCUT2D eigenvalue weighted by molar-refractivity contribution is 0.296. The molecule has 0 aliphatic rings. The SMILES string of the molecule is NC(=NO)c1cc(F)ccc1CSCCCO. The topological polar surface area (TPSA) is 78.8 Å². The van der Waals surface area contributed by atoms with E-state index in [9.17, 15) is 4.39 Å². The average Bonchev–Trinajstić information content (AvgIpc) is 2.35. The Hall–Kier alpha value is -1.27. The van der Waals surface area contributed by atoms with Gasteiger partial charge in [0.1, 0.15) is 5.82 Å². The summed E-state index contributed by atoms with van der Waals surface area (Å²) < 4.78 is 13.1. The van der Waals surface area contributed by atoms with Crippen LogP contribution in [0.3, 0.4) is 0 Å². The van der Waals surface area contributed by atoms with Crippen molar-refractivity contribution >= 4 is 17.6 Å². The van der Waals surface area contributed by atoms with E-state index < -0.39 is 5.82 Å². The first-order valence-electron chi connectivity index (χ1n) is 5.14. The fourth-order valence-corrected chi connectivity index (χ4v) is 2.26. The Morgan fingerprint density at radius 1 is 1.47 bits per heavy atom. The van der Waals surface area contributed by atoms with Crippen molar-refractivity contribution in [3.63, 3.8) is 0 Å². The van der Waals surface area contributed by atoms with Crippen LogP contribution in [0.4, 0.5) is 4.39 Å². The zero-order chi connectivity index (χ0) is 12.7. The zero-order valence-corrected chi connectivity index (χ0v) is 10.1. The third-order valence-corrected chi connectivity index (χ3v) is 3.25. The first-order chi connectivity index (χ1) is 8.19. The van der Waals surface area contributed by atoms with Gasteiger partial charge in [0.15, 0.2) is 5.84 Å². The molecule has 0 saturated heterocycles. The molecule has 4 N–H and O–H groups in total. The van der Waals surface area contributed by atoms with Crippen LogP contribution in [0.1, 0.15) is 17.5 Å². The van der Waals surface area contributed by atoms with E-state index in [1.807, 2.05) is 0 Å². The van der Waals surface area contributed by atoms with Crippen molar-refractivity contribution in [2.75, 3.05) is 12.4 Å². The maximum absolute atomic E-state index is 13.1. The van der Waals surface area contributed by atoms with Gasteiger partial charge >= 0.3 is 0 Å². The van der Waals surface area contributed by atoms with Crippen LogP contribution in [-0.2, 0) is 5.75 Å². The molecule has 4 nitrogen and oxygen atoms in total. The van der Waals surface area contributed by atoms with Gasteiger partial charge in [0.05, 0.1) is 0 Å². The molecule has 94 valence electrons. The van der Waals surface area contributed by atoms with E-state index in [-0.39, 0.29) is 12.4 Å². The number of thioether (sulfide) groups is 1. The Labute approximate surface area is 103 Å². The lowest BCUT2D eigenvalue weighted by Crippen LogP contribution is -2.15. The van der Waals surface area contributed by atoms with E-state index in [1.54, 1.807) is 17.8 Å². The van der Waals surface area contributed by atoms with Gasteiger partial charge in [-0.25, -0.2) is 4.39 Å². The van der Waals surface area contributed by atoms with Crippen molar-refractivity contribution in [1.29, 1.82) is 0 Å². The minimum absolute atomic E-state index is 0.0951. The van der Waals surface area contributed by atoms with E-state index in [0.717, 1.165) is 11.3 Å². The van der Waals surface area contributed by atoms with Gasteiger partial charge in [0, 0.05) is 17.9 Å². The van der Waals surface area contributed by atoms with Gasteiger partial charge in [0.25, 0.3) is 0 Å². The second kappa shape index (κ2) is 7.13. The molecular formula is C11H15FN2O2S. The molecule has 1 aromatic carbocycles. The third-order valence-electron chi connectivity index (χ3n) is 2.16. The van der Waals surface area contributed by atoms with Crippen LogP contribution in [0.5, 0.6) is 0 Å².